The van der Waals surface area contributed by atoms with Gasteiger partial charge in [0.25, 0.3) is 0 Å². The standard InChI is InChI=1S/C30H24N2O5S/c1-20-6-16-26(17-7-20)38(33,34)37-30-27(21-8-12-24(35-2)13-9-21)28(22-10-14-25(36-3)15-11-22)32-18-4-5-23(19-31)29(30)32/h4-18H,1-3H3. The third-order valence-corrected chi connectivity index (χ3v) is 7.51. The Morgan fingerprint density at radius 1 is 0.789 bits per heavy atom. The van der Waals surface area contributed by atoms with Crippen molar-refractivity contribution in [2.24, 2.45) is 0 Å². The molecule has 0 N–H and O–H groups in total. The lowest BCUT2D eigenvalue weighted by molar-refractivity contribution is 0.414. The van der Waals surface area contributed by atoms with Crippen molar-refractivity contribution in [3.63, 3.8) is 0 Å². The second-order valence-corrected chi connectivity index (χ2v) is 10.2. The molecule has 2 aromatic heterocycles. The van der Waals surface area contributed by atoms with Gasteiger partial charge in [-0.05, 0) is 78.7 Å². The van der Waals surface area contributed by atoms with Crippen LogP contribution in [-0.4, -0.2) is 27.0 Å². The number of aromatic nitrogens is 1. The minimum Gasteiger partial charge on any atom is -0.497 e. The fourth-order valence-electron chi connectivity index (χ4n) is 4.36. The summed E-state index contributed by atoms with van der Waals surface area (Å²) in [5.41, 5.74) is 4.21. The summed E-state index contributed by atoms with van der Waals surface area (Å²) in [4.78, 5) is 0.0172. The highest BCUT2D eigenvalue weighted by molar-refractivity contribution is 7.87. The molecular weight excluding hydrogens is 500 g/mol. The van der Waals surface area contributed by atoms with E-state index in [0.29, 0.717) is 33.8 Å². The van der Waals surface area contributed by atoms with Gasteiger partial charge in [0.05, 0.1) is 31.0 Å². The molecule has 0 aliphatic carbocycles. The zero-order valence-electron chi connectivity index (χ0n) is 21.0. The number of hydrogen-bond acceptors (Lipinski definition) is 6. The van der Waals surface area contributed by atoms with Crippen molar-refractivity contribution >= 4 is 15.6 Å². The van der Waals surface area contributed by atoms with Crippen molar-refractivity contribution in [2.75, 3.05) is 14.2 Å². The number of rotatable bonds is 7. The minimum atomic E-state index is -4.24. The fraction of sp³-hybridized carbons (Fsp3) is 0.100. The monoisotopic (exact) mass is 524 g/mol. The summed E-state index contributed by atoms with van der Waals surface area (Å²) in [5, 5.41) is 9.98. The van der Waals surface area contributed by atoms with Gasteiger partial charge in [-0.25, -0.2) is 0 Å². The highest BCUT2D eigenvalue weighted by Crippen LogP contribution is 2.47. The van der Waals surface area contributed by atoms with Gasteiger partial charge in [0, 0.05) is 6.20 Å². The maximum Gasteiger partial charge on any atom is 0.339 e. The number of fused-ring (bicyclic) bond motifs is 1. The maximum absolute atomic E-state index is 13.5. The molecule has 0 saturated heterocycles. The van der Waals surface area contributed by atoms with Gasteiger partial charge in [0.2, 0.25) is 0 Å². The maximum atomic E-state index is 13.5. The van der Waals surface area contributed by atoms with Gasteiger partial charge in [-0.2, -0.15) is 13.7 Å². The smallest absolute Gasteiger partial charge is 0.339 e. The van der Waals surface area contributed by atoms with Crippen molar-refractivity contribution in [3.05, 3.63) is 102 Å². The lowest BCUT2D eigenvalue weighted by Crippen LogP contribution is -2.10. The number of aryl methyl sites for hydroxylation is 1. The average molecular weight is 525 g/mol. The molecule has 2 heterocycles. The van der Waals surface area contributed by atoms with Crippen LogP contribution in [-0.2, 0) is 10.1 Å². The van der Waals surface area contributed by atoms with Crippen LogP contribution in [0.3, 0.4) is 0 Å². The third kappa shape index (κ3) is 4.44. The molecule has 0 saturated carbocycles. The van der Waals surface area contributed by atoms with Crippen LogP contribution in [0, 0.1) is 18.3 Å². The minimum absolute atomic E-state index is 0.0172. The van der Waals surface area contributed by atoms with E-state index in [-0.39, 0.29) is 16.2 Å². The number of hydrogen-bond donors (Lipinski definition) is 0. The first-order chi connectivity index (χ1) is 18.4. The van der Waals surface area contributed by atoms with Gasteiger partial charge in [-0.15, -0.1) is 0 Å². The van der Waals surface area contributed by atoms with E-state index < -0.39 is 10.1 Å². The summed E-state index contributed by atoms with van der Waals surface area (Å²) in [7, 11) is -1.07. The van der Waals surface area contributed by atoms with Crippen LogP contribution in [0.4, 0.5) is 0 Å². The van der Waals surface area contributed by atoms with Gasteiger partial charge in [-0.1, -0.05) is 29.8 Å². The fourth-order valence-corrected chi connectivity index (χ4v) is 5.31. The van der Waals surface area contributed by atoms with Gasteiger partial charge in [0.1, 0.15) is 28.0 Å². The van der Waals surface area contributed by atoms with E-state index in [4.69, 9.17) is 13.7 Å². The summed E-state index contributed by atoms with van der Waals surface area (Å²) < 4.78 is 45.4. The first-order valence-electron chi connectivity index (χ1n) is 11.7. The molecule has 0 bridgehead atoms. The Bertz CT molecular complexity index is 1770. The van der Waals surface area contributed by atoms with E-state index in [1.165, 1.54) is 12.1 Å². The number of pyridine rings is 1. The molecule has 0 spiro atoms. The molecule has 5 rings (SSSR count). The largest absolute Gasteiger partial charge is 0.497 e. The third-order valence-electron chi connectivity index (χ3n) is 6.28. The van der Waals surface area contributed by atoms with E-state index >= 15 is 0 Å². The van der Waals surface area contributed by atoms with Crippen LogP contribution in [0.5, 0.6) is 17.2 Å². The van der Waals surface area contributed by atoms with Crippen LogP contribution in [0.2, 0.25) is 0 Å². The number of methoxy groups -OCH3 is 2. The first kappa shape index (κ1) is 24.9. The predicted molar refractivity (Wildman–Crippen MR) is 145 cm³/mol. The van der Waals surface area contributed by atoms with Crippen LogP contribution in [0.25, 0.3) is 27.9 Å². The van der Waals surface area contributed by atoms with Crippen LogP contribution < -0.4 is 13.7 Å². The second-order valence-electron chi connectivity index (χ2n) is 8.61. The quantitative estimate of drug-likeness (QED) is 0.234. The van der Waals surface area contributed by atoms with E-state index in [0.717, 1.165) is 11.1 Å². The van der Waals surface area contributed by atoms with E-state index in [1.807, 2.05) is 43.3 Å². The molecule has 5 aromatic rings. The Morgan fingerprint density at radius 2 is 1.37 bits per heavy atom. The van der Waals surface area contributed by atoms with E-state index in [1.54, 1.807) is 61.2 Å². The summed E-state index contributed by atoms with van der Waals surface area (Å²) in [5.74, 6) is 1.39. The normalized spacial score (nSPS) is 11.2. The number of benzene rings is 3. The SMILES string of the molecule is COc1ccc(-c2c(OS(=O)(=O)c3ccc(C)cc3)c3c(C#N)cccn3c2-c2ccc(OC)cc2)cc1. The van der Waals surface area contributed by atoms with Crippen molar-refractivity contribution in [2.45, 2.75) is 11.8 Å². The Kier molecular flexibility index (Phi) is 6.53. The lowest BCUT2D eigenvalue weighted by atomic mass is 10.00. The molecule has 0 aliphatic rings. The van der Waals surface area contributed by atoms with Gasteiger partial charge in [-0.3, -0.25) is 0 Å². The number of nitrogens with zero attached hydrogens (tertiary/aromatic N) is 2. The number of nitriles is 1. The molecule has 0 radical (unpaired) electrons. The van der Waals surface area contributed by atoms with Crippen LogP contribution in [0.1, 0.15) is 11.1 Å². The Balaban J connectivity index is 1.85. The van der Waals surface area contributed by atoms with Crippen molar-refractivity contribution in [1.29, 1.82) is 5.26 Å². The zero-order chi connectivity index (χ0) is 26.9. The Morgan fingerprint density at radius 3 is 1.92 bits per heavy atom. The second kappa shape index (κ2) is 9.96. The Hall–Kier alpha value is -4.74. The molecule has 3 aromatic carbocycles. The molecule has 0 unspecified atom stereocenters. The molecule has 0 atom stereocenters. The van der Waals surface area contributed by atoms with E-state index in [9.17, 15) is 13.7 Å². The summed E-state index contributed by atoms with van der Waals surface area (Å²) >= 11 is 0. The van der Waals surface area contributed by atoms with Gasteiger partial charge >= 0.3 is 10.1 Å². The molecule has 38 heavy (non-hydrogen) atoms. The number of ether oxygens (including phenoxy) is 2. The summed E-state index contributed by atoms with van der Waals surface area (Å²) in [6, 6.07) is 26.7. The molecular formula is C30H24N2O5S. The molecule has 0 fully saturated rings. The highest BCUT2D eigenvalue weighted by atomic mass is 32.2. The summed E-state index contributed by atoms with van der Waals surface area (Å²) in [6.07, 6.45) is 1.79. The summed E-state index contributed by atoms with van der Waals surface area (Å²) in [6.45, 7) is 1.88. The van der Waals surface area contributed by atoms with Crippen LogP contribution in [0.15, 0.2) is 96.0 Å². The van der Waals surface area contributed by atoms with Crippen molar-refractivity contribution in [1.82, 2.24) is 4.40 Å². The molecule has 0 amide bonds. The lowest BCUT2D eigenvalue weighted by Gasteiger charge is -2.12. The topological polar surface area (TPSA) is 90.0 Å². The predicted octanol–water partition coefficient (Wildman–Crippen LogP) is 6.24. The average Bonchev–Trinajstić information content (AvgIpc) is 3.26. The molecule has 0 aliphatic heterocycles. The van der Waals surface area contributed by atoms with E-state index in [2.05, 4.69) is 6.07 Å². The van der Waals surface area contributed by atoms with Crippen molar-refractivity contribution < 1.29 is 22.1 Å². The molecule has 190 valence electrons. The first-order valence-corrected chi connectivity index (χ1v) is 13.1. The zero-order valence-corrected chi connectivity index (χ0v) is 21.8. The molecule has 7 nitrogen and oxygen atoms in total. The van der Waals surface area contributed by atoms with Gasteiger partial charge < -0.3 is 18.1 Å². The van der Waals surface area contributed by atoms with Crippen molar-refractivity contribution in [3.8, 4) is 45.7 Å². The molecule has 8 heteroatoms. The van der Waals surface area contributed by atoms with Crippen LogP contribution >= 0.6 is 0 Å². The Labute approximate surface area is 221 Å². The van der Waals surface area contributed by atoms with Gasteiger partial charge in [0.15, 0.2) is 5.75 Å². The highest BCUT2D eigenvalue weighted by Gasteiger charge is 2.29.